The maximum Gasteiger partial charge on any atom is 0.333 e. The molecule has 1 aliphatic heterocycles. The zero-order valence-corrected chi connectivity index (χ0v) is 14.9. The van der Waals surface area contributed by atoms with Crippen LogP contribution in [0.4, 0.5) is 0 Å². The number of furan rings is 1. The molecule has 1 saturated carbocycles. The van der Waals surface area contributed by atoms with E-state index in [0.717, 1.165) is 25.0 Å². The molecule has 1 aromatic rings. The van der Waals surface area contributed by atoms with E-state index in [4.69, 9.17) is 13.9 Å². The van der Waals surface area contributed by atoms with Gasteiger partial charge in [-0.15, -0.1) is 0 Å². The molecule has 0 amide bonds. The normalized spacial score (nSPS) is 37.8. The molecule has 0 bridgehead atoms. The first kappa shape index (κ1) is 15.9. The Morgan fingerprint density at radius 2 is 2.21 bits per heavy atom. The number of esters is 1. The third kappa shape index (κ3) is 2.05. The Morgan fingerprint density at radius 1 is 1.42 bits per heavy atom. The molecule has 0 aromatic carbocycles. The van der Waals surface area contributed by atoms with E-state index in [1.54, 1.807) is 0 Å². The summed E-state index contributed by atoms with van der Waals surface area (Å²) >= 11 is 0. The van der Waals surface area contributed by atoms with Crippen molar-refractivity contribution in [3.8, 4) is 0 Å². The lowest BCUT2D eigenvalue weighted by Crippen LogP contribution is -2.50. The first-order valence-corrected chi connectivity index (χ1v) is 8.99. The fourth-order valence-corrected chi connectivity index (χ4v) is 5.10. The first-order valence-electron chi connectivity index (χ1n) is 8.99. The topological polar surface area (TPSA) is 48.7 Å². The molecule has 24 heavy (non-hydrogen) atoms. The number of rotatable bonds is 2. The number of carbonyl (C=O) groups is 1. The van der Waals surface area contributed by atoms with Gasteiger partial charge < -0.3 is 13.9 Å². The van der Waals surface area contributed by atoms with Gasteiger partial charge in [0.25, 0.3) is 0 Å². The average Bonchev–Trinajstić information content (AvgIpc) is 3.10. The highest BCUT2D eigenvalue weighted by atomic mass is 16.5. The van der Waals surface area contributed by atoms with Crippen molar-refractivity contribution in [1.82, 2.24) is 0 Å². The van der Waals surface area contributed by atoms with Gasteiger partial charge in [0, 0.05) is 28.9 Å². The summed E-state index contributed by atoms with van der Waals surface area (Å²) in [5.74, 6) is 1.70. The molecule has 2 fully saturated rings. The molecule has 0 N–H and O–H groups in total. The van der Waals surface area contributed by atoms with Crippen molar-refractivity contribution in [3.63, 3.8) is 0 Å². The van der Waals surface area contributed by atoms with Crippen molar-refractivity contribution in [1.29, 1.82) is 0 Å². The molecule has 130 valence electrons. The summed E-state index contributed by atoms with van der Waals surface area (Å²) in [5.41, 5.74) is 3.12. The molecule has 2 heterocycles. The number of aryl methyl sites for hydroxylation is 1. The molecule has 2 aliphatic carbocycles. The van der Waals surface area contributed by atoms with Crippen LogP contribution in [0.15, 0.2) is 22.3 Å². The van der Waals surface area contributed by atoms with Crippen LogP contribution < -0.4 is 0 Å². The Labute approximate surface area is 143 Å². The number of allylic oxidation sites excluding steroid dienone is 1. The van der Waals surface area contributed by atoms with Crippen LogP contribution in [0.2, 0.25) is 0 Å². The van der Waals surface area contributed by atoms with Crippen molar-refractivity contribution in [2.24, 2.45) is 17.3 Å². The highest BCUT2D eigenvalue weighted by Crippen LogP contribution is 2.63. The van der Waals surface area contributed by atoms with Gasteiger partial charge in [-0.2, -0.15) is 0 Å². The van der Waals surface area contributed by atoms with Crippen molar-refractivity contribution in [2.45, 2.75) is 59.2 Å². The van der Waals surface area contributed by atoms with Gasteiger partial charge >= 0.3 is 5.97 Å². The van der Waals surface area contributed by atoms with E-state index in [9.17, 15) is 4.79 Å². The number of carbonyl (C=O) groups excluding carboxylic acids is 1. The molecule has 4 heteroatoms. The van der Waals surface area contributed by atoms with E-state index >= 15 is 0 Å². The summed E-state index contributed by atoms with van der Waals surface area (Å²) in [5, 5.41) is 0. The summed E-state index contributed by atoms with van der Waals surface area (Å²) in [6.45, 7) is 8.77. The second-order valence-electron chi connectivity index (χ2n) is 7.84. The second kappa shape index (κ2) is 5.48. The standard InChI is InChI=1S/C20H26O4/c1-5-11(2)19(21)24-15-7-6-13-8-16-17(12(3)9-22-16)18-20(13,4)14(15)10-23-18/h5,9,13-15,18H,6-8,10H2,1-4H3. The van der Waals surface area contributed by atoms with Crippen molar-refractivity contribution >= 4 is 5.97 Å². The van der Waals surface area contributed by atoms with E-state index < -0.39 is 0 Å². The van der Waals surface area contributed by atoms with Crippen LogP contribution in [-0.4, -0.2) is 18.7 Å². The Hall–Kier alpha value is -1.55. The van der Waals surface area contributed by atoms with Crippen LogP contribution in [-0.2, 0) is 20.7 Å². The van der Waals surface area contributed by atoms with Crippen LogP contribution in [0.1, 0.15) is 56.6 Å². The summed E-state index contributed by atoms with van der Waals surface area (Å²) in [6, 6.07) is 0. The van der Waals surface area contributed by atoms with Crippen LogP contribution in [0, 0.1) is 24.2 Å². The zero-order chi connectivity index (χ0) is 17.1. The van der Waals surface area contributed by atoms with Crippen LogP contribution in [0.3, 0.4) is 0 Å². The van der Waals surface area contributed by atoms with E-state index in [0.29, 0.717) is 18.1 Å². The number of hydrogen-bond donors (Lipinski definition) is 0. The highest BCUT2D eigenvalue weighted by Gasteiger charge is 2.61. The number of ether oxygens (including phenoxy) is 2. The molecular formula is C20H26O4. The summed E-state index contributed by atoms with van der Waals surface area (Å²) in [6.07, 6.45) is 6.63. The average molecular weight is 330 g/mol. The van der Waals surface area contributed by atoms with Crippen molar-refractivity contribution < 1.29 is 18.7 Å². The summed E-state index contributed by atoms with van der Waals surface area (Å²) < 4.78 is 17.9. The Bertz CT molecular complexity index is 700. The highest BCUT2D eigenvalue weighted by molar-refractivity contribution is 5.87. The van der Waals surface area contributed by atoms with Crippen molar-refractivity contribution in [3.05, 3.63) is 34.8 Å². The van der Waals surface area contributed by atoms with E-state index in [1.165, 1.54) is 11.1 Å². The summed E-state index contributed by atoms with van der Waals surface area (Å²) in [4.78, 5) is 12.2. The molecule has 1 saturated heterocycles. The largest absolute Gasteiger partial charge is 0.469 e. The predicted octanol–water partition coefficient (Wildman–Crippen LogP) is 4.13. The third-order valence-electron chi connectivity index (χ3n) is 6.75. The van der Waals surface area contributed by atoms with Gasteiger partial charge in [-0.3, -0.25) is 0 Å². The Kier molecular flexibility index (Phi) is 3.64. The number of hydrogen-bond acceptors (Lipinski definition) is 4. The van der Waals surface area contributed by atoms with Gasteiger partial charge in [0.05, 0.1) is 19.0 Å². The van der Waals surface area contributed by atoms with E-state index in [-0.39, 0.29) is 29.5 Å². The van der Waals surface area contributed by atoms with Crippen LogP contribution >= 0.6 is 0 Å². The molecule has 4 nitrogen and oxygen atoms in total. The summed E-state index contributed by atoms with van der Waals surface area (Å²) in [7, 11) is 0. The zero-order valence-electron chi connectivity index (χ0n) is 14.9. The minimum atomic E-state index is -0.191. The fourth-order valence-electron chi connectivity index (χ4n) is 5.10. The maximum absolute atomic E-state index is 12.2. The minimum absolute atomic E-state index is 0.0225. The molecule has 0 spiro atoms. The maximum atomic E-state index is 12.2. The fraction of sp³-hybridized carbons (Fsp3) is 0.650. The molecular weight excluding hydrogens is 304 g/mol. The van der Waals surface area contributed by atoms with Gasteiger partial charge in [0.1, 0.15) is 11.9 Å². The predicted molar refractivity (Wildman–Crippen MR) is 89.5 cm³/mol. The quantitative estimate of drug-likeness (QED) is 0.604. The minimum Gasteiger partial charge on any atom is -0.469 e. The van der Waals surface area contributed by atoms with Crippen LogP contribution in [0.25, 0.3) is 0 Å². The Balaban J connectivity index is 1.65. The lowest BCUT2D eigenvalue weighted by molar-refractivity contribution is -0.155. The first-order chi connectivity index (χ1) is 11.5. The van der Waals surface area contributed by atoms with Gasteiger partial charge in [-0.05, 0) is 45.1 Å². The van der Waals surface area contributed by atoms with E-state index in [1.807, 2.05) is 26.2 Å². The lowest BCUT2D eigenvalue weighted by atomic mass is 9.54. The third-order valence-corrected chi connectivity index (χ3v) is 6.75. The molecule has 5 unspecified atom stereocenters. The van der Waals surface area contributed by atoms with Gasteiger partial charge in [-0.1, -0.05) is 13.0 Å². The van der Waals surface area contributed by atoms with Gasteiger partial charge in [0.15, 0.2) is 0 Å². The van der Waals surface area contributed by atoms with Crippen LogP contribution in [0.5, 0.6) is 0 Å². The molecule has 1 aromatic heterocycles. The second-order valence-corrected chi connectivity index (χ2v) is 7.84. The smallest absolute Gasteiger partial charge is 0.333 e. The van der Waals surface area contributed by atoms with E-state index in [2.05, 4.69) is 13.8 Å². The monoisotopic (exact) mass is 330 g/mol. The van der Waals surface area contributed by atoms with Gasteiger partial charge in [0.2, 0.25) is 0 Å². The Morgan fingerprint density at radius 3 is 2.96 bits per heavy atom. The van der Waals surface area contributed by atoms with Gasteiger partial charge in [-0.25, -0.2) is 4.79 Å². The number of fused-ring (bicyclic) bond motifs is 2. The molecule has 0 radical (unpaired) electrons. The molecule has 5 atom stereocenters. The lowest BCUT2D eigenvalue weighted by Gasteiger charge is -2.50. The SMILES string of the molecule is CC=C(C)C(=O)OC1CCC2Cc3occ(C)c3C3OCC1C23C. The molecule has 4 rings (SSSR count). The molecule has 3 aliphatic rings. The van der Waals surface area contributed by atoms with Crippen molar-refractivity contribution in [2.75, 3.05) is 6.61 Å².